The van der Waals surface area contributed by atoms with E-state index in [2.05, 4.69) is 21.4 Å². The fraction of sp³-hybridized carbons (Fsp3) is 0.562. The van der Waals surface area contributed by atoms with Gasteiger partial charge < -0.3 is 14.5 Å². The van der Waals surface area contributed by atoms with Gasteiger partial charge in [0.25, 0.3) is 0 Å². The Bertz CT molecular complexity index is 676. The first-order chi connectivity index (χ1) is 10.1. The number of imidazole rings is 1. The Hall–Kier alpha value is -1.20. The second-order valence-corrected chi connectivity index (χ2v) is 6.36. The van der Waals surface area contributed by atoms with E-state index in [4.69, 9.17) is 12.2 Å². The average molecular weight is 307 g/mol. The molecule has 1 aromatic heterocycles. The normalized spacial score (nSPS) is 20.2. The van der Waals surface area contributed by atoms with Gasteiger partial charge in [-0.3, -0.25) is 0 Å². The summed E-state index contributed by atoms with van der Waals surface area (Å²) in [5.74, 6) is -0.229. The molecule has 1 fully saturated rings. The maximum absolute atomic E-state index is 13.2. The molecule has 1 aromatic carbocycles. The second-order valence-electron chi connectivity index (χ2n) is 5.98. The molecule has 0 spiro atoms. The van der Waals surface area contributed by atoms with Crippen molar-refractivity contribution in [3.8, 4) is 0 Å². The summed E-state index contributed by atoms with van der Waals surface area (Å²) in [6.45, 7) is 5.52. The van der Waals surface area contributed by atoms with Gasteiger partial charge in [-0.1, -0.05) is 6.42 Å². The third-order valence-corrected chi connectivity index (χ3v) is 4.83. The number of aromatic nitrogens is 2. The quantitative estimate of drug-likeness (QED) is 0.860. The maximum atomic E-state index is 13.2. The van der Waals surface area contributed by atoms with Crippen LogP contribution in [0.5, 0.6) is 0 Å². The first-order valence-corrected chi connectivity index (χ1v) is 8.18. The molecule has 0 aliphatic carbocycles. The Morgan fingerprint density at radius 2 is 2.19 bits per heavy atom. The third kappa shape index (κ3) is 3.19. The molecule has 1 N–H and O–H groups in total. The van der Waals surface area contributed by atoms with Crippen molar-refractivity contribution in [1.82, 2.24) is 14.5 Å². The van der Waals surface area contributed by atoms with Crippen LogP contribution in [-0.2, 0) is 6.54 Å². The van der Waals surface area contributed by atoms with E-state index in [1.165, 1.54) is 37.9 Å². The smallest absolute Gasteiger partial charge is 0.178 e. The minimum atomic E-state index is -0.229. The lowest BCUT2D eigenvalue weighted by molar-refractivity contribution is 0.157. The Kier molecular flexibility index (Phi) is 4.40. The van der Waals surface area contributed by atoms with E-state index in [0.29, 0.717) is 10.8 Å². The summed E-state index contributed by atoms with van der Waals surface area (Å²) in [7, 11) is 0. The van der Waals surface area contributed by atoms with E-state index in [-0.39, 0.29) is 5.82 Å². The van der Waals surface area contributed by atoms with Crippen LogP contribution in [0.15, 0.2) is 18.2 Å². The lowest BCUT2D eigenvalue weighted by atomic mass is 10.0. The molecular formula is C16H22FN3S. The molecule has 1 unspecified atom stereocenters. The van der Waals surface area contributed by atoms with Crippen molar-refractivity contribution in [2.24, 2.45) is 0 Å². The van der Waals surface area contributed by atoms with Gasteiger partial charge in [-0.2, -0.15) is 0 Å². The molecular weight excluding hydrogens is 285 g/mol. The topological polar surface area (TPSA) is 24.0 Å². The van der Waals surface area contributed by atoms with E-state index in [9.17, 15) is 4.39 Å². The van der Waals surface area contributed by atoms with E-state index >= 15 is 0 Å². The van der Waals surface area contributed by atoms with Crippen molar-refractivity contribution >= 4 is 23.3 Å². The molecule has 2 aromatic rings. The number of H-pyrrole nitrogens is 1. The number of benzene rings is 1. The molecule has 2 heterocycles. The summed E-state index contributed by atoms with van der Waals surface area (Å²) in [5, 5.41) is 0. The SMILES string of the molecule is CC1CCCCN1CCCn1c(=S)[nH]c2cc(F)ccc21. The predicted molar refractivity (Wildman–Crippen MR) is 86.6 cm³/mol. The summed E-state index contributed by atoms with van der Waals surface area (Å²) < 4.78 is 16.0. The number of likely N-dealkylation sites (tertiary alicyclic amines) is 1. The Morgan fingerprint density at radius 1 is 1.33 bits per heavy atom. The molecule has 1 saturated heterocycles. The zero-order valence-electron chi connectivity index (χ0n) is 12.4. The number of aryl methyl sites for hydroxylation is 1. The monoisotopic (exact) mass is 307 g/mol. The van der Waals surface area contributed by atoms with Gasteiger partial charge in [0.2, 0.25) is 0 Å². The van der Waals surface area contributed by atoms with Crippen LogP contribution in [0, 0.1) is 10.6 Å². The third-order valence-electron chi connectivity index (χ3n) is 4.50. The van der Waals surface area contributed by atoms with Gasteiger partial charge in [0.05, 0.1) is 11.0 Å². The van der Waals surface area contributed by atoms with Crippen LogP contribution < -0.4 is 0 Å². The van der Waals surface area contributed by atoms with Gasteiger partial charge in [-0.15, -0.1) is 0 Å². The molecule has 114 valence electrons. The van der Waals surface area contributed by atoms with Gasteiger partial charge in [-0.05, 0) is 63.1 Å². The van der Waals surface area contributed by atoms with Gasteiger partial charge in [-0.25, -0.2) is 4.39 Å². The molecule has 0 saturated carbocycles. The van der Waals surface area contributed by atoms with Crippen LogP contribution in [0.3, 0.4) is 0 Å². The summed E-state index contributed by atoms with van der Waals surface area (Å²) in [4.78, 5) is 5.66. The number of rotatable bonds is 4. The highest BCUT2D eigenvalue weighted by atomic mass is 32.1. The van der Waals surface area contributed by atoms with Crippen molar-refractivity contribution < 1.29 is 4.39 Å². The largest absolute Gasteiger partial charge is 0.330 e. The molecule has 1 aliphatic rings. The van der Waals surface area contributed by atoms with Crippen molar-refractivity contribution in [1.29, 1.82) is 0 Å². The molecule has 3 nitrogen and oxygen atoms in total. The number of piperidine rings is 1. The highest BCUT2D eigenvalue weighted by molar-refractivity contribution is 7.71. The number of fused-ring (bicyclic) bond motifs is 1. The van der Waals surface area contributed by atoms with E-state index in [1.54, 1.807) is 6.07 Å². The fourth-order valence-electron chi connectivity index (χ4n) is 3.28. The highest BCUT2D eigenvalue weighted by Crippen LogP contribution is 2.18. The minimum Gasteiger partial charge on any atom is -0.330 e. The summed E-state index contributed by atoms with van der Waals surface area (Å²) in [6.07, 6.45) is 5.06. The van der Waals surface area contributed by atoms with Gasteiger partial charge in [0.1, 0.15) is 5.82 Å². The van der Waals surface area contributed by atoms with Gasteiger partial charge in [0, 0.05) is 19.1 Å². The van der Waals surface area contributed by atoms with Crippen LogP contribution in [0.25, 0.3) is 11.0 Å². The molecule has 5 heteroatoms. The number of nitrogens with zero attached hydrogens (tertiary/aromatic N) is 2. The summed E-state index contributed by atoms with van der Waals surface area (Å²) in [6, 6.07) is 5.51. The molecule has 21 heavy (non-hydrogen) atoms. The Balaban J connectivity index is 1.68. The van der Waals surface area contributed by atoms with E-state index < -0.39 is 0 Å². The number of hydrogen-bond acceptors (Lipinski definition) is 2. The molecule has 3 rings (SSSR count). The maximum Gasteiger partial charge on any atom is 0.178 e. The van der Waals surface area contributed by atoms with Gasteiger partial charge >= 0.3 is 0 Å². The van der Waals surface area contributed by atoms with Gasteiger partial charge in [0.15, 0.2) is 4.77 Å². The zero-order chi connectivity index (χ0) is 14.8. The first-order valence-electron chi connectivity index (χ1n) is 7.77. The molecule has 1 aliphatic heterocycles. The summed E-state index contributed by atoms with van der Waals surface area (Å²) >= 11 is 5.36. The first kappa shape index (κ1) is 14.7. The van der Waals surface area contributed by atoms with Crippen LogP contribution in [0.2, 0.25) is 0 Å². The van der Waals surface area contributed by atoms with Crippen LogP contribution in [-0.4, -0.2) is 33.6 Å². The van der Waals surface area contributed by atoms with Crippen molar-refractivity contribution in [3.63, 3.8) is 0 Å². The number of hydrogen-bond donors (Lipinski definition) is 1. The standard InChI is InChI=1S/C16H22FN3S/c1-12-5-2-3-8-19(12)9-4-10-20-15-7-6-13(17)11-14(15)18-16(20)21/h6-7,11-12H,2-5,8-10H2,1H3,(H,18,21). The van der Waals surface area contributed by atoms with Crippen molar-refractivity contribution in [2.45, 2.75) is 45.2 Å². The molecule has 0 amide bonds. The van der Waals surface area contributed by atoms with E-state index in [1.807, 2.05) is 0 Å². The highest BCUT2D eigenvalue weighted by Gasteiger charge is 2.17. The predicted octanol–water partition coefficient (Wildman–Crippen LogP) is 4.10. The van der Waals surface area contributed by atoms with Crippen LogP contribution >= 0.6 is 12.2 Å². The van der Waals surface area contributed by atoms with Crippen LogP contribution in [0.1, 0.15) is 32.6 Å². The lowest BCUT2D eigenvalue weighted by Gasteiger charge is -2.33. The summed E-state index contributed by atoms with van der Waals surface area (Å²) in [5.41, 5.74) is 1.78. The number of aromatic amines is 1. The van der Waals surface area contributed by atoms with Crippen molar-refractivity contribution in [2.75, 3.05) is 13.1 Å². The molecule has 0 bridgehead atoms. The molecule has 0 radical (unpaired) electrons. The van der Waals surface area contributed by atoms with Crippen molar-refractivity contribution in [3.05, 3.63) is 28.8 Å². The Labute approximate surface area is 129 Å². The van der Waals surface area contributed by atoms with E-state index in [0.717, 1.165) is 30.5 Å². The zero-order valence-corrected chi connectivity index (χ0v) is 13.3. The average Bonchev–Trinajstić information content (AvgIpc) is 2.76. The minimum absolute atomic E-state index is 0.229. The fourth-order valence-corrected chi connectivity index (χ4v) is 3.58. The second kappa shape index (κ2) is 6.28. The van der Waals surface area contributed by atoms with Crippen LogP contribution in [0.4, 0.5) is 4.39 Å². The molecule has 1 atom stereocenters. The Morgan fingerprint density at radius 3 is 3.00 bits per heavy atom. The number of halogens is 1. The number of nitrogens with one attached hydrogen (secondary N) is 1. The lowest BCUT2D eigenvalue weighted by Crippen LogP contribution is -2.38.